The minimum absolute atomic E-state index is 0.383. The van der Waals surface area contributed by atoms with E-state index < -0.39 is 0 Å². The summed E-state index contributed by atoms with van der Waals surface area (Å²) in [6.07, 6.45) is 3.51. The Morgan fingerprint density at radius 3 is 2.85 bits per heavy atom. The quantitative estimate of drug-likeness (QED) is 0.856. The van der Waals surface area contributed by atoms with Crippen molar-refractivity contribution >= 4 is 0 Å². The van der Waals surface area contributed by atoms with Crippen molar-refractivity contribution in [1.29, 1.82) is 0 Å². The fourth-order valence-corrected chi connectivity index (χ4v) is 3.07. The molecule has 1 aliphatic rings. The molecule has 1 aromatic rings. The largest absolute Gasteiger partial charge is 0.490 e. The van der Waals surface area contributed by atoms with Gasteiger partial charge < -0.3 is 14.7 Å². The predicted octanol–water partition coefficient (Wildman–Crippen LogP) is 1.50. The molecule has 0 aromatic heterocycles. The zero-order valence-electron chi connectivity index (χ0n) is 13.0. The first-order valence-corrected chi connectivity index (χ1v) is 7.79. The van der Waals surface area contributed by atoms with Crippen molar-refractivity contribution in [3.05, 3.63) is 29.3 Å². The van der Waals surface area contributed by atoms with Crippen LogP contribution in [0.25, 0.3) is 0 Å². The highest BCUT2D eigenvalue weighted by atomic mass is 16.5. The van der Waals surface area contributed by atoms with Gasteiger partial charge in [0.25, 0.3) is 0 Å². The number of piperidine rings is 1. The van der Waals surface area contributed by atoms with E-state index in [9.17, 15) is 5.11 Å². The number of aliphatic hydroxyl groups excluding tert-OH is 1. The first kappa shape index (κ1) is 15.3. The number of hydrogen-bond acceptors (Lipinski definition) is 2. The van der Waals surface area contributed by atoms with Crippen LogP contribution in [0.5, 0.6) is 5.75 Å². The minimum atomic E-state index is -0.383. The van der Waals surface area contributed by atoms with Crippen LogP contribution < -0.4 is 9.64 Å². The summed E-state index contributed by atoms with van der Waals surface area (Å²) in [6, 6.07) is 6.82. The number of nitrogens with one attached hydrogen (secondary N) is 1. The highest BCUT2D eigenvalue weighted by molar-refractivity contribution is 5.35. The van der Waals surface area contributed by atoms with Gasteiger partial charge in [-0.1, -0.05) is 17.7 Å². The van der Waals surface area contributed by atoms with E-state index in [4.69, 9.17) is 4.74 Å². The van der Waals surface area contributed by atoms with Gasteiger partial charge in [0, 0.05) is 0 Å². The molecule has 1 unspecified atom stereocenters. The first-order chi connectivity index (χ1) is 9.56. The number of benzene rings is 1. The maximum atomic E-state index is 10.2. The second-order valence-electron chi connectivity index (χ2n) is 6.24. The van der Waals surface area contributed by atoms with Gasteiger partial charge in [0.15, 0.2) is 0 Å². The molecule has 1 aliphatic heterocycles. The molecule has 3 atom stereocenters. The van der Waals surface area contributed by atoms with E-state index in [1.54, 1.807) is 0 Å². The van der Waals surface area contributed by atoms with E-state index in [2.05, 4.69) is 19.9 Å². The molecule has 1 aromatic carbocycles. The third-order valence-corrected chi connectivity index (χ3v) is 4.34. The second kappa shape index (κ2) is 7.09. The zero-order valence-corrected chi connectivity index (χ0v) is 13.0. The van der Waals surface area contributed by atoms with Gasteiger partial charge in [0.2, 0.25) is 0 Å². The van der Waals surface area contributed by atoms with E-state index in [0.717, 1.165) is 17.9 Å². The van der Waals surface area contributed by atoms with E-state index in [-0.39, 0.29) is 6.10 Å². The van der Waals surface area contributed by atoms with Gasteiger partial charge in [-0.2, -0.15) is 0 Å². The number of quaternary nitrogens is 1. The van der Waals surface area contributed by atoms with E-state index >= 15 is 0 Å². The molecule has 2 rings (SSSR count). The predicted molar refractivity (Wildman–Crippen MR) is 81.4 cm³/mol. The van der Waals surface area contributed by atoms with Gasteiger partial charge >= 0.3 is 0 Å². The van der Waals surface area contributed by atoms with Crippen molar-refractivity contribution in [2.75, 3.05) is 19.7 Å². The molecular weight excluding hydrogens is 250 g/mol. The summed E-state index contributed by atoms with van der Waals surface area (Å²) in [5.41, 5.74) is 2.37. The Kier molecular flexibility index (Phi) is 5.44. The van der Waals surface area contributed by atoms with Crippen LogP contribution >= 0.6 is 0 Å². The summed E-state index contributed by atoms with van der Waals surface area (Å²) in [7, 11) is 0. The molecule has 0 aliphatic carbocycles. The third-order valence-electron chi connectivity index (χ3n) is 4.34. The molecule has 1 heterocycles. The number of rotatable bonds is 5. The summed E-state index contributed by atoms with van der Waals surface area (Å²) in [6.45, 7) is 8.78. The summed E-state index contributed by atoms with van der Waals surface area (Å²) in [5.74, 6) is 0.886. The van der Waals surface area contributed by atoms with Crippen molar-refractivity contribution in [1.82, 2.24) is 0 Å². The average molecular weight is 278 g/mol. The number of hydrogen-bond donors (Lipinski definition) is 2. The molecule has 20 heavy (non-hydrogen) atoms. The van der Waals surface area contributed by atoms with E-state index in [1.165, 1.54) is 36.3 Å². The molecule has 1 saturated heterocycles. The summed E-state index contributed by atoms with van der Waals surface area (Å²) < 4.78 is 5.77. The molecule has 0 saturated carbocycles. The molecule has 0 amide bonds. The minimum Gasteiger partial charge on any atom is -0.490 e. The molecule has 2 N–H and O–H groups in total. The Morgan fingerprint density at radius 2 is 2.15 bits per heavy atom. The average Bonchev–Trinajstić information content (AvgIpc) is 2.40. The number of aryl methyl sites for hydroxylation is 2. The lowest BCUT2D eigenvalue weighted by Gasteiger charge is -2.31. The van der Waals surface area contributed by atoms with Gasteiger partial charge in [-0.05, 0) is 51.7 Å². The zero-order chi connectivity index (χ0) is 14.5. The van der Waals surface area contributed by atoms with Crippen LogP contribution in [0.3, 0.4) is 0 Å². The lowest BCUT2D eigenvalue weighted by Crippen LogP contribution is -3.17. The summed E-state index contributed by atoms with van der Waals surface area (Å²) >= 11 is 0. The number of likely N-dealkylation sites (tertiary alicyclic amines) is 1. The van der Waals surface area contributed by atoms with Crippen molar-refractivity contribution < 1.29 is 14.7 Å². The topological polar surface area (TPSA) is 33.9 Å². The standard InChI is InChI=1S/C17H27NO2/c1-13-7-8-17(14(2)10-13)20-12-16(19)11-18-9-5-4-6-15(18)3/h7-8,10,15-16,19H,4-6,9,11-12H2,1-3H3/p+1/t15-,16+/m0/s1. The van der Waals surface area contributed by atoms with E-state index in [0.29, 0.717) is 12.6 Å². The van der Waals surface area contributed by atoms with Gasteiger partial charge in [-0.25, -0.2) is 0 Å². The molecule has 3 heteroatoms. The Labute approximate surface area is 122 Å². The van der Waals surface area contributed by atoms with Gasteiger partial charge in [-0.3, -0.25) is 0 Å². The van der Waals surface area contributed by atoms with Crippen LogP contribution in [0.2, 0.25) is 0 Å². The summed E-state index contributed by atoms with van der Waals surface area (Å²) in [5, 5.41) is 10.2. The fourth-order valence-electron chi connectivity index (χ4n) is 3.07. The molecule has 112 valence electrons. The number of aliphatic hydroxyl groups is 1. The summed E-state index contributed by atoms with van der Waals surface area (Å²) in [4.78, 5) is 1.52. The van der Waals surface area contributed by atoms with Crippen molar-refractivity contribution in [3.8, 4) is 5.75 Å². The van der Waals surface area contributed by atoms with Gasteiger partial charge in [-0.15, -0.1) is 0 Å². The maximum Gasteiger partial charge on any atom is 0.137 e. The lowest BCUT2D eigenvalue weighted by molar-refractivity contribution is -0.931. The van der Waals surface area contributed by atoms with Crippen molar-refractivity contribution in [2.45, 2.75) is 52.2 Å². The van der Waals surface area contributed by atoms with Crippen LogP contribution in [0, 0.1) is 13.8 Å². The van der Waals surface area contributed by atoms with Crippen molar-refractivity contribution in [3.63, 3.8) is 0 Å². The maximum absolute atomic E-state index is 10.2. The fraction of sp³-hybridized carbons (Fsp3) is 0.647. The highest BCUT2D eigenvalue weighted by Crippen LogP contribution is 2.18. The SMILES string of the molecule is Cc1ccc(OC[C@H](O)C[NH+]2CCCC[C@@H]2C)c(C)c1. The molecular formula is C17H28NO2+. The van der Waals surface area contributed by atoms with E-state index in [1.807, 2.05) is 19.1 Å². The van der Waals surface area contributed by atoms with Crippen LogP contribution in [0.1, 0.15) is 37.3 Å². The Hall–Kier alpha value is -1.06. The Balaban J connectivity index is 1.81. The van der Waals surface area contributed by atoms with Crippen molar-refractivity contribution in [2.24, 2.45) is 0 Å². The van der Waals surface area contributed by atoms with Gasteiger partial charge in [0.05, 0.1) is 12.6 Å². The van der Waals surface area contributed by atoms with Crippen LogP contribution in [0.15, 0.2) is 18.2 Å². The second-order valence-corrected chi connectivity index (χ2v) is 6.24. The molecule has 0 spiro atoms. The monoisotopic (exact) mass is 278 g/mol. The highest BCUT2D eigenvalue weighted by Gasteiger charge is 2.24. The Morgan fingerprint density at radius 1 is 1.35 bits per heavy atom. The molecule has 0 bridgehead atoms. The van der Waals surface area contributed by atoms with Crippen LogP contribution in [-0.2, 0) is 0 Å². The van der Waals surface area contributed by atoms with Crippen LogP contribution in [-0.4, -0.2) is 36.9 Å². The van der Waals surface area contributed by atoms with Crippen LogP contribution in [0.4, 0.5) is 0 Å². The number of ether oxygens (including phenoxy) is 1. The Bertz CT molecular complexity index is 433. The molecule has 3 nitrogen and oxygen atoms in total. The smallest absolute Gasteiger partial charge is 0.137 e. The lowest BCUT2D eigenvalue weighted by atomic mass is 10.0. The molecule has 1 fully saturated rings. The molecule has 0 radical (unpaired) electrons. The third kappa shape index (κ3) is 4.22. The first-order valence-electron chi connectivity index (χ1n) is 7.79. The van der Waals surface area contributed by atoms with Gasteiger partial charge in [0.1, 0.15) is 25.0 Å². The normalized spacial score (nSPS) is 24.4.